The van der Waals surface area contributed by atoms with E-state index in [2.05, 4.69) is 0 Å². The van der Waals surface area contributed by atoms with Crippen molar-refractivity contribution in [3.63, 3.8) is 0 Å². The summed E-state index contributed by atoms with van der Waals surface area (Å²) in [5.74, 6) is 0.795. The van der Waals surface area contributed by atoms with Crippen molar-refractivity contribution in [3.05, 3.63) is 151 Å². The Morgan fingerprint density at radius 2 is 0.636 bits per heavy atom. The molecular weight excluding hydrogens is 833 g/mol. The predicted octanol–water partition coefficient (Wildman–Crippen LogP) is 9.52. The van der Waals surface area contributed by atoms with E-state index >= 15 is 0 Å². The molecule has 2 fully saturated rings. The largest absolute Gasteiger partial charge is 0.507 e. The van der Waals surface area contributed by atoms with Gasteiger partial charge < -0.3 is 39.4 Å². The molecule has 66 heavy (non-hydrogen) atoms. The van der Waals surface area contributed by atoms with Crippen LogP contribution >= 0.6 is 0 Å². The second-order valence-corrected chi connectivity index (χ2v) is 18.5. The van der Waals surface area contributed by atoms with E-state index in [4.69, 9.17) is 38.9 Å². The standard InChI is InChI=1S/C54H62N4O8/c1-33-13-37(5)47(59)43(17-33)21-55-25-53(26-56-22-44-18-34(2)14-38(6)48(44)60)29-63-51(64-30-53)41-9-11-42(12-10-41)52-65-31-54(32-66-52,27-57-23-45-19-35(3)15-39(7)49(45)61)28-58-24-46-20-36(4)16-40(8)50(46)62/h9-24,51-52,59-62H,25-32H2,1-8H3. The van der Waals surface area contributed by atoms with Crippen molar-refractivity contribution in [2.75, 3.05) is 52.6 Å². The zero-order valence-corrected chi connectivity index (χ0v) is 39.3. The lowest BCUT2D eigenvalue weighted by Crippen LogP contribution is -2.44. The van der Waals surface area contributed by atoms with Crippen molar-refractivity contribution in [1.82, 2.24) is 0 Å². The molecule has 0 saturated carbocycles. The van der Waals surface area contributed by atoms with Gasteiger partial charge in [-0.1, -0.05) is 48.5 Å². The molecule has 2 heterocycles. The van der Waals surface area contributed by atoms with E-state index in [0.717, 1.165) is 55.6 Å². The number of phenols is 4. The van der Waals surface area contributed by atoms with Gasteiger partial charge in [0, 0.05) is 58.2 Å². The molecule has 2 aliphatic rings. The van der Waals surface area contributed by atoms with E-state index < -0.39 is 23.4 Å². The van der Waals surface area contributed by atoms with Crippen LogP contribution in [0.15, 0.2) is 92.8 Å². The molecule has 0 bridgehead atoms. The number of ether oxygens (including phenoxy) is 4. The second-order valence-electron chi connectivity index (χ2n) is 18.5. The summed E-state index contributed by atoms with van der Waals surface area (Å²) >= 11 is 0. The SMILES string of the molecule is Cc1cc(C)c(O)c(C=NCC2(CN=Cc3cc(C)cc(C)c3O)COC(c3ccc(C4OCC(CN=Cc5cc(C)cc(C)c5O)(CN=Cc5cc(C)cc(C)c5O)CO4)cc3)OC2)c1. The van der Waals surface area contributed by atoms with Crippen molar-refractivity contribution < 1.29 is 39.4 Å². The molecule has 0 unspecified atom stereocenters. The fourth-order valence-corrected chi connectivity index (χ4v) is 8.57. The zero-order valence-electron chi connectivity index (χ0n) is 39.3. The average Bonchev–Trinajstić information content (AvgIpc) is 3.28. The fourth-order valence-electron chi connectivity index (χ4n) is 8.57. The Morgan fingerprint density at radius 1 is 0.409 bits per heavy atom. The molecule has 0 radical (unpaired) electrons. The van der Waals surface area contributed by atoms with E-state index in [0.29, 0.717) is 74.9 Å². The highest BCUT2D eigenvalue weighted by Gasteiger charge is 2.39. The number of hydrogen-bond donors (Lipinski definition) is 4. The molecule has 0 spiro atoms. The molecule has 0 aromatic heterocycles. The van der Waals surface area contributed by atoms with Crippen molar-refractivity contribution in [2.24, 2.45) is 30.8 Å². The molecule has 2 saturated heterocycles. The third-order valence-electron chi connectivity index (χ3n) is 12.2. The van der Waals surface area contributed by atoms with E-state index in [9.17, 15) is 20.4 Å². The van der Waals surface area contributed by atoms with Gasteiger partial charge in [0.25, 0.3) is 0 Å². The second kappa shape index (κ2) is 20.6. The molecule has 2 aliphatic heterocycles. The first-order valence-electron chi connectivity index (χ1n) is 22.3. The summed E-state index contributed by atoms with van der Waals surface area (Å²) in [7, 11) is 0. The van der Waals surface area contributed by atoms with Crippen LogP contribution in [0, 0.1) is 66.2 Å². The molecule has 0 aliphatic carbocycles. The highest BCUT2D eigenvalue weighted by atomic mass is 16.7. The molecule has 5 aromatic carbocycles. The number of phenolic OH excluding ortho intramolecular Hbond substituents is 4. The van der Waals surface area contributed by atoms with Gasteiger partial charge in [-0.05, 0) is 124 Å². The summed E-state index contributed by atoms with van der Waals surface area (Å²) in [5.41, 5.74) is 10.3. The summed E-state index contributed by atoms with van der Waals surface area (Å²) in [6.07, 6.45) is 5.51. The quantitative estimate of drug-likeness (QED) is 0.0800. The number of aromatic hydroxyl groups is 4. The summed E-state index contributed by atoms with van der Waals surface area (Å²) in [5, 5.41) is 42.8. The van der Waals surface area contributed by atoms with E-state index in [1.165, 1.54) is 0 Å². The normalized spacial score (nSPS) is 21.5. The number of aryl methyl sites for hydroxylation is 8. The number of hydrogen-bond acceptors (Lipinski definition) is 12. The Balaban J connectivity index is 1.03. The summed E-state index contributed by atoms with van der Waals surface area (Å²) in [6.45, 7) is 18.0. The monoisotopic (exact) mass is 894 g/mol. The van der Waals surface area contributed by atoms with Crippen LogP contribution in [0.2, 0.25) is 0 Å². The lowest BCUT2D eigenvalue weighted by atomic mass is 9.89. The van der Waals surface area contributed by atoms with Crippen LogP contribution in [0.5, 0.6) is 23.0 Å². The van der Waals surface area contributed by atoms with Crippen LogP contribution in [0.3, 0.4) is 0 Å². The first-order chi connectivity index (χ1) is 31.5. The van der Waals surface area contributed by atoms with E-state index in [1.54, 1.807) is 24.9 Å². The molecule has 0 amide bonds. The van der Waals surface area contributed by atoms with Crippen LogP contribution < -0.4 is 0 Å². The van der Waals surface area contributed by atoms with Crippen LogP contribution in [-0.2, 0) is 18.9 Å². The van der Waals surface area contributed by atoms with Crippen molar-refractivity contribution in [2.45, 2.75) is 68.0 Å². The first kappa shape index (κ1) is 47.8. The van der Waals surface area contributed by atoms with E-state index in [-0.39, 0.29) is 23.0 Å². The first-order valence-corrected chi connectivity index (χ1v) is 22.3. The molecule has 12 nitrogen and oxygen atoms in total. The zero-order chi connectivity index (χ0) is 47.2. The summed E-state index contributed by atoms with van der Waals surface area (Å²) in [4.78, 5) is 19.1. The fraction of sp³-hybridized carbons (Fsp3) is 0.370. The minimum absolute atomic E-state index is 0.199. The molecule has 4 N–H and O–H groups in total. The highest BCUT2D eigenvalue weighted by molar-refractivity contribution is 5.86. The molecule has 12 heteroatoms. The van der Waals surface area contributed by atoms with Crippen molar-refractivity contribution in [3.8, 4) is 23.0 Å². The molecule has 0 atom stereocenters. The Bertz CT molecular complexity index is 2330. The predicted molar refractivity (Wildman–Crippen MR) is 261 cm³/mol. The van der Waals surface area contributed by atoms with Gasteiger partial charge in [0.05, 0.1) is 63.4 Å². The molecular formula is C54H62N4O8. The Hall–Kier alpha value is -6.18. The maximum absolute atomic E-state index is 10.7. The van der Waals surface area contributed by atoms with Crippen LogP contribution in [0.4, 0.5) is 0 Å². The van der Waals surface area contributed by atoms with Gasteiger partial charge in [-0.15, -0.1) is 0 Å². The lowest BCUT2D eigenvalue weighted by molar-refractivity contribution is -0.230. The molecule has 7 rings (SSSR count). The van der Waals surface area contributed by atoms with Gasteiger partial charge in [-0.2, -0.15) is 0 Å². The minimum atomic E-state index is -0.628. The number of aliphatic imine (C=N–C) groups is 4. The summed E-state index contributed by atoms with van der Waals surface area (Å²) in [6, 6.07) is 23.1. The van der Waals surface area contributed by atoms with Crippen LogP contribution in [0.25, 0.3) is 0 Å². The van der Waals surface area contributed by atoms with Crippen LogP contribution in [0.1, 0.15) is 90.5 Å². The van der Waals surface area contributed by atoms with Crippen molar-refractivity contribution in [1.29, 1.82) is 0 Å². The smallest absolute Gasteiger partial charge is 0.183 e. The molecule has 5 aromatic rings. The number of nitrogens with zero attached hydrogens (tertiary/aromatic N) is 4. The van der Waals surface area contributed by atoms with Gasteiger partial charge >= 0.3 is 0 Å². The maximum atomic E-state index is 10.7. The number of rotatable bonds is 14. The Labute approximate surface area is 388 Å². The number of benzene rings is 5. The average molecular weight is 895 g/mol. The van der Waals surface area contributed by atoms with Gasteiger partial charge in [0.15, 0.2) is 12.6 Å². The highest BCUT2D eigenvalue weighted by Crippen LogP contribution is 2.37. The van der Waals surface area contributed by atoms with Gasteiger partial charge in [-0.25, -0.2) is 0 Å². The van der Waals surface area contributed by atoms with E-state index in [1.807, 2.05) is 128 Å². The van der Waals surface area contributed by atoms with Crippen LogP contribution in [-0.4, -0.2) is 97.9 Å². The minimum Gasteiger partial charge on any atom is -0.507 e. The Morgan fingerprint density at radius 3 is 0.864 bits per heavy atom. The van der Waals surface area contributed by atoms with Gasteiger partial charge in [0.2, 0.25) is 0 Å². The van der Waals surface area contributed by atoms with Gasteiger partial charge in [0.1, 0.15) is 23.0 Å². The maximum Gasteiger partial charge on any atom is 0.183 e. The molecule has 346 valence electrons. The third-order valence-corrected chi connectivity index (χ3v) is 12.2. The van der Waals surface area contributed by atoms with Crippen molar-refractivity contribution >= 4 is 24.9 Å². The van der Waals surface area contributed by atoms with Gasteiger partial charge in [-0.3, -0.25) is 20.0 Å². The Kier molecular flexibility index (Phi) is 14.9. The third kappa shape index (κ3) is 11.4. The lowest BCUT2D eigenvalue weighted by Gasteiger charge is -2.39. The summed E-state index contributed by atoms with van der Waals surface area (Å²) < 4.78 is 25.6. The topological polar surface area (TPSA) is 167 Å².